The number of imide groups is 1. The molecule has 0 atom stereocenters. The molecule has 104 valence electrons. The molecule has 0 aliphatic carbocycles. The second kappa shape index (κ2) is 8.24. The molecule has 0 radical (unpaired) electrons. The Morgan fingerprint density at radius 2 is 1.89 bits per heavy atom. The van der Waals surface area contributed by atoms with Gasteiger partial charge in [-0.2, -0.15) is 0 Å². The van der Waals surface area contributed by atoms with Crippen molar-refractivity contribution in [3.63, 3.8) is 0 Å². The summed E-state index contributed by atoms with van der Waals surface area (Å²) in [6.07, 6.45) is 0.0545. The lowest BCUT2D eigenvalue weighted by Crippen LogP contribution is -2.36. The van der Waals surface area contributed by atoms with Gasteiger partial charge in [0.1, 0.15) is 0 Å². The van der Waals surface area contributed by atoms with Gasteiger partial charge in [0.05, 0.1) is 19.8 Å². The number of carbonyl (C=O) groups excluding carboxylic acids is 3. The normalized spacial score (nSPS) is 13.4. The lowest BCUT2D eigenvalue weighted by molar-refractivity contribution is -0.136. The SMILES string of the molecule is COCCOCCNC(=O)CCN1C(=O)C#CC1=O. The second-order valence-corrected chi connectivity index (χ2v) is 3.72. The number of methoxy groups -OCH3 is 1. The van der Waals surface area contributed by atoms with E-state index in [1.165, 1.54) is 0 Å². The number of nitrogens with zero attached hydrogens (tertiary/aromatic N) is 1. The summed E-state index contributed by atoms with van der Waals surface area (Å²) in [4.78, 5) is 34.6. The van der Waals surface area contributed by atoms with Gasteiger partial charge in [0, 0.05) is 38.5 Å². The number of hydrogen-bond acceptors (Lipinski definition) is 5. The number of rotatable bonds is 9. The Labute approximate surface area is 111 Å². The molecule has 0 aromatic heterocycles. The van der Waals surface area contributed by atoms with Crippen LogP contribution in [0.15, 0.2) is 0 Å². The van der Waals surface area contributed by atoms with Gasteiger partial charge in [-0.1, -0.05) is 0 Å². The lowest BCUT2D eigenvalue weighted by Gasteiger charge is -2.12. The van der Waals surface area contributed by atoms with E-state index in [1.807, 2.05) is 0 Å². The van der Waals surface area contributed by atoms with Crippen LogP contribution in [0.3, 0.4) is 0 Å². The Morgan fingerprint density at radius 3 is 2.53 bits per heavy atom. The zero-order valence-electron chi connectivity index (χ0n) is 10.7. The zero-order chi connectivity index (χ0) is 14.1. The summed E-state index contributed by atoms with van der Waals surface area (Å²) in [6, 6.07) is 0. The van der Waals surface area contributed by atoms with Gasteiger partial charge < -0.3 is 14.8 Å². The summed E-state index contributed by atoms with van der Waals surface area (Å²) in [7, 11) is 1.58. The van der Waals surface area contributed by atoms with E-state index in [9.17, 15) is 14.4 Å². The first-order valence-corrected chi connectivity index (χ1v) is 5.86. The number of carbonyl (C=O) groups is 3. The summed E-state index contributed by atoms with van der Waals surface area (Å²) in [5, 5.41) is 2.62. The third kappa shape index (κ3) is 5.50. The monoisotopic (exact) mass is 268 g/mol. The van der Waals surface area contributed by atoms with Crippen molar-refractivity contribution in [1.82, 2.24) is 10.2 Å². The van der Waals surface area contributed by atoms with Crippen molar-refractivity contribution in [2.24, 2.45) is 0 Å². The van der Waals surface area contributed by atoms with Crippen LogP contribution in [0.1, 0.15) is 6.42 Å². The standard InChI is InChI=1S/C12H16N2O5/c1-18-8-9-19-7-5-13-10(15)4-6-14-11(16)2-3-12(14)17/h4-9H2,1H3,(H,13,15). The highest BCUT2D eigenvalue weighted by atomic mass is 16.5. The van der Waals surface area contributed by atoms with Gasteiger partial charge in [0.25, 0.3) is 0 Å². The number of nitrogens with one attached hydrogen (secondary N) is 1. The van der Waals surface area contributed by atoms with Crippen molar-refractivity contribution < 1.29 is 23.9 Å². The van der Waals surface area contributed by atoms with Gasteiger partial charge in [-0.3, -0.25) is 19.3 Å². The van der Waals surface area contributed by atoms with Crippen LogP contribution in [0.4, 0.5) is 0 Å². The molecule has 0 aromatic rings. The molecule has 0 aromatic carbocycles. The van der Waals surface area contributed by atoms with E-state index >= 15 is 0 Å². The predicted molar refractivity (Wildman–Crippen MR) is 64.8 cm³/mol. The molecule has 0 fully saturated rings. The predicted octanol–water partition coefficient (Wildman–Crippen LogP) is -1.47. The van der Waals surface area contributed by atoms with E-state index < -0.39 is 11.8 Å². The fraction of sp³-hybridized carbons (Fsp3) is 0.583. The van der Waals surface area contributed by atoms with Crippen molar-refractivity contribution >= 4 is 17.7 Å². The topological polar surface area (TPSA) is 84.9 Å². The number of amides is 3. The molecule has 0 spiro atoms. The van der Waals surface area contributed by atoms with E-state index in [0.29, 0.717) is 26.4 Å². The van der Waals surface area contributed by atoms with Crippen LogP contribution in [-0.2, 0) is 23.9 Å². The summed E-state index contributed by atoms with van der Waals surface area (Å²) >= 11 is 0. The Balaban J connectivity index is 2.05. The van der Waals surface area contributed by atoms with Gasteiger partial charge in [0.15, 0.2) is 0 Å². The summed E-state index contributed by atoms with van der Waals surface area (Å²) in [5.41, 5.74) is 0. The van der Waals surface area contributed by atoms with E-state index in [0.717, 1.165) is 4.90 Å². The molecule has 1 rings (SSSR count). The van der Waals surface area contributed by atoms with E-state index in [4.69, 9.17) is 9.47 Å². The van der Waals surface area contributed by atoms with Crippen LogP contribution in [0.25, 0.3) is 0 Å². The Bertz CT molecular complexity index is 390. The number of ether oxygens (including phenoxy) is 2. The second-order valence-electron chi connectivity index (χ2n) is 3.72. The molecule has 7 heteroatoms. The van der Waals surface area contributed by atoms with E-state index in [2.05, 4.69) is 17.2 Å². The van der Waals surface area contributed by atoms with Crippen molar-refractivity contribution in [2.45, 2.75) is 6.42 Å². The zero-order valence-corrected chi connectivity index (χ0v) is 10.7. The van der Waals surface area contributed by atoms with Gasteiger partial charge >= 0.3 is 11.8 Å². The summed E-state index contributed by atoms with van der Waals surface area (Å²) in [6.45, 7) is 1.78. The first-order valence-electron chi connectivity index (χ1n) is 5.86. The van der Waals surface area contributed by atoms with Crippen molar-refractivity contribution in [3.05, 3.63) is 0 Å². The van der Waals surface area contributed by atoms with Crippen LogP contribution in [-0.4, -0.2) is 62.6 Å². The highest BCUT2D eigenvalue weighted by Gasteiger charge is 2.23. The van der Waals surface area contributed by atoms with Crippen molar-refractivity contribution in [2.75, 3.05) is 40.0 Å². The third-order valence-electron chi connectivity index (χ3n) is 2.33. The molecular formula is C12H16N2O5. The van der Waals surface area contributed by atoms with Crippen LogP contribution in [0.5, 0.6) is 0 Å². The van der Waals surface area contributed by atoms with E-state index in [-0.39, 0.29) is 18.9 Å². The molecule has 0 saturated carbocycles. The molecular weight excluding hydrogens is 252 g/mol. The maximum Gasteiger partial charge on any atom is 0.306 e. The molecule has 0 saturated heterocycles. The quantitative estimate of drug-likeness (QED) is 0.313. The fourth-order valence-corrected chi connectivity index (χ4v) is 1.35. The minimum Gasteiger partial charge on any atom is -0.382 e. The van der Waals surface area contributed by atoms with Crippen molar-refractivity contribution in [3.8, 4) is 11.8 Å². The van der Waals surface area contributed by atoms with Gasteiger partial charge in [-0.05, 0) is 0 Å². The number of hydrogen-bond donors (Lipinski definition) is 1. The maximum atomic E-state index is 11.4. The van der Waals surface area contributed by atoms with Gasteiger partial charge in [-0.15, -0.1) is 0 Å². The summed E-state index contributed by atoms with van der Waals surface area (Å²) in [5.74, 6) is 2.92. The smallest absolute Gasteiger partial charge is 0.306 e. The molecule has 1 heterocycles. The molecule has 0 unspecified atom stereocenters. The first-order chi connectivity index (χ1) is 9.15. The fourth-order valence-electron chi connectivity index (χ4n) is 1.35. The molecule has 1 aliphatic rings. The molecule has 0 bridgehead atoms. The first kappa shape index (κ1) is 15.1. The van der Waals surface area contributed by atoms with Gasteiger partial charge in [-0.25, -0.2) is 0 Å². The molecule has 3 amide bonds. The minimum atomic E-state index is -0.555. The molecule has 1 aliphatic heterocycles. The summed E-state index contributed by atoms with van der Waals surface area (Å²) < 4.78 is 9.95. The van der Waals surface area contributed by atoms with Crippen LogP contribution in [0.2, 0.25) is 0 Å². The average Bonchev–Trinajstić information content (AvgIpc) is 2.71. The largest absolute Gasteiger partial charge is 0.382 e. The van der Waals surface area contributed by atoms with E-state index in [1.54, 1.807) is 7.11 Å². The maximum absolute atomic E-state index is 11.4. The van der Waals surface area contributed by atoms with Crippen LogP contribution < -0.4 is 5.32 Å². The Hall–Kier alpha value is -1.91. The molecule has 1 N–H and O–H groups in total. The molecule has 7 nitrogen and oxygen atoms in total. The Morgan fingerprint density at radius 1 is 1.21 bits per heavy atom. The van der Waals surface area contributed by atoms with Crippen LogP contribution in [0, 0.1) is 11.8 Å². The average molecular weight is 268 g/mol. The van der Waals surface area contributed by atoms with Crippen molar-refractivity contribution in [1.29, 1.82) is 0 Å². The van der Waals surface area contributed by atoms with Gasteiger partial charge in [0.2, 0.25) is 5.91 Å². The third-order valence-corrected chi connectivity index (χ3v) is 2.33. The highest BCUT2D eigenvalue weighted by molar-refractivity contribution is 6.18. The highest BCUT2D eigenvalue weighted by Crippen LogP contribution is 1.98. The Kier molecular flexibility index (Phi) is 6.57. The minimum absolute atomic E-state index is 0.0357. The molecule has 19 heavy (non-hydrogen) atoms. The lowest BCUT2D eigenvalue weighted by atomic mass is 10.3. The van der Waals surface area contributed by atoms with Crippen LogP contribution >= 0.6 is 0 Å².